The Labute approximate surface area is 153 Å². The highest BCUT2D eigenvalue weighted by Gasteiger charge is 2.30. The lowest BCUT2D eigenvalue weighted by Crippen LogP contribution is -3.13. The second-order valence-electron chi connectivity index (χ2n) is 6.20. The average Bonchev–Trinajstić information content (AvgIpc) is 3.10. The number of rotatable bonds is 4. The van der Waals surface area contributed by atoms with Gasteiger partial charge in [-0.05, 0) is 19.1 Å². The smallest absolute Gasteiger partial charge is 0.416 e. The topological polar surface area (TPSA) is 72.9 Å². The number of hydrogen-bond donors (Lipinski definition) is 1. The number of amides is 1. The van der Waals surface area contributed by atoms with Gasteiger partial charge in [-0.3, -0.25) is 4.90 Å². The molecule has 1 saturated heterocycles. The fraction of sp³-hybridized carbons (Fsp3) is 0.471. The van der Waals surface area contributed by atoms with Crippen LogP contribution in [0.2, 0.25) is 0 Å². The first-order valence-corrected chi connectivity index (χ1v) is 8.62. The van der Waals surface area contributed by atoms with Crippen molar-refractivity contribution in [3.8, 4) is 11.4 Å². The van der Waals surface area contributed by atoms with Crippen LogP contribution in [-0.2, 0) is 17.5 Å². The SMILES string of the molecule is CCOC(=O)N1CC[NH+](Cc2nc(-c3ccc(C(F)(F)F)cc3)no2)CC1. The van der Waals surface area contributed by atoms with E-state index in [1.807, 2.05) is 0 Å². The van der Waals surface area contributed by atoms with Gasteiger partial charge in [0.25, 0.3) is 5.89 Å². The lowest BCUT2D eigenvalue weighted by atomic mass is 10.1. The van der Waals surface area contributed by atoms with E-state index in [-0.39, 0.29) is 11.9 Å². The van der Waals surface area contributed by atoms with Crippen molar-refractivity contribution in [2.24, 2.45) is 0 Å². The van der Waals surface area contributed by atoms with Crippen molar-refractivity contribution in [3.63, 3.8) is 0 Å². The molecule has 27 heavy (non-hydrogen) atoms. The number of carbonyl (C=O) groups excluding carboxylic acids is 1. The monoisotopic (exact) mass is 385 g/mol. The van der Waals surface area contributed by atoms with E-state index in [4.69, 9.17) is 9.26 Å². The lowest BCUT2D eigenvalue weighted by molar-refractivity contribution is -0.919. The zero-order chi connectivity index (χ0) is 19.4. The number of nitrogens with one attached hydrogen (secondary N) is 1. The third-order valence-electron chi connectivity index (χ3n) is 4.34. The second kappa shape index (κ2) is 7.95. The molecule has 1 N–H and O–H groups in total. The van der Waals surface area contributed by atoms with Crippen LogP contribution in [0.25, 0.3) is 11.4 Å². The highest BCUT2D eigenvalue weighted by molar-refractivity contribution is 5.67. The molecule has 10 heteroatoms. The number of benzene rings is 1. The van der Waals surface area contributed by atoms with Crippen molar-refractivity contribution in [2.45, 2.75) is 19.6 Å². The quantitative estimate of drug-likeness (QED) is 0.866. The molecule has 0 bridgehead atoms. The Morgan fingerprint density at radius 1 is 1.26 bits per heavy atom. The Bertz CT molecular complexity index is 768. The van der Waals surface area contributed by atoms with E-state index in [2.05, 4.69) is 10.1 Å². The molecule has 3 rings (SSSR count). The van der Waals surface area contributed by atoms with Crippen molar-refractivity contribution in [3.05, 3.63) is 35.7 Å². The number of aromatic nitrogens is 2. The summed E-state index contributed by atoms with van der Waals surface area (Å²) in [6, 6.07) is 4.63. The Morgan fingerprint density at radius 2 is 1.93 bits per heavy atom. The molecule has 0 spiro atoms. The number of carbonyl (C=O) groups is 1. The third-order valence-corrected chi connectivity index (χ3v) is 4.34. The van der Waals surface area contributed by atoms with E-state index in [0.717, 1.165) is 25.2 Å². The summed E-state index contributed by atoms with van der Waals surface area (Å²) < 4.78 is 48.1. The van der Waals surface area contributed by atoms with Gasteiger partial charge in [0.1, 0.15) is 0 Å². The van der Waals surface area contributed by atoms with Gasteiger partial charge in [0.15, 0.2) is 6.54 Å². The van der Waals surface area contributed by atoms with Crippen LogP contribution in [0.1, 0.15) is 18.4 Å². The van der Waals surface area contributed by atoms with Crippen LogP contribution in [0, 0.1) is 0 Å². The number of quaternary nitrogens is 1. The molecule has 2 aromatic rings. The normalized spacial score (nSPS) is 15.8. The predicted molar refractivity (Wildman–Crippen MR) is 87.7 cm³/mol. The molecule has 1 aromatic heterocycles. The van der Waals surface area contributed by atoms with Crippen molar-refractivity contribution < 1.29 is 32.1 Å². The predicted octanol–water partition coefficient (Wildman–Crippen LogP) is 1.61. The van der Waals surface area contributed by atoms with Crippen LogP contribution in [0.5, 0.6) is 0 Å². The van der Waals surface area contributed by atoms with E-state index in [1.54, 1.807) is 11.8 Å². The number of nitrogens with zero attached hydrogens (tertiary/aromatic N) is 3. The maximum Gasteiger partial charge on any atom is 0.416 e. The molecule has 0 saturated carbocycles. The van der Waals surface area contributed by atoms with E-state index in [9.17, 15) is 18.0 Å². The van der Waals surface area contributed by atoms with Gasteiger partial charge in [0, 0.05) is 5.56 Å². The molecule has 1 fully saturated rings. The van der Waals surface area contributed by atoms with Gasteiger partial charge in [-0.25, -0.2) is 4.79 Å². The molecule has 7 nitrogen and oxygen atoms in total. The molecule has 0 aliphatic carbocycles. The van der Waals surface area contributed by atoms with Gasteiger partial charge in [-0.1, -0.05) is 17.3 Å². The first-order chi connectivity index (χ1) is 12.9. The molecule has 1 aliphatic heterocycles. The van der Waals surface area contributed by atoms with Crippen LogP contribution in [-0.4, -0.2) is 53.9 Å². The summed E-state index contributed by atoms with van der Waals surface area (Å²) in [6.07, 6.45) is -4.69. The minimum Gasteiger partial charge on any atom is -0.450 e. The molecule has 2 heterocycles. The van der Waals surface area contributed by atoms with E-state index in [0.29, 0.717) is 37.7 Å². The minimum atomic E-state index is -4.38. The molecule has 0 radical (unpaired) electrons. The largest absolute Gasteiger partial charge is 0.450 e. The fourth-order valence-electron chi connectivity index (χ4n) is 2.86. The maximum absolute atomic E-state index is 12.6. The molecular weight excluding hydrogens is 365 g/mol. The summed E-state index contributed by atoms with van der Waals surface area (Å²) in [7, 11) is 0. The third kappa shape index (κ3) is 4.76. The number of alkyl halides is 3. The Hall–Kier alpha value is -2.62. The number of ether oxygens (including phenoxy) is 1. The summed E-state index contributed by atoms with van der Waals surface area (Å²) >= 11 is 0. The number of hydrogen-bond acceptors (Lipinski definition) is 5. The van der Waals surface area contributed by atoms with Gasteiger partial charge in [-0.2, -0.15) is 18.2 Å². The molecular formula is C17H20F3N4O3+. The molecule has 1 aromatic carbocycles. The van der Waals surface area contributed by atoms with E-state index < -0.39 is 11.7 Å². The Kier molecular flexibility index (Phi) is 5.64. The molecule has 0 unspecified atom stereocenters. The highest BCUT2D eigenvalue weighted by Crippen LogP contribution is 2.30. The van der Waals surface area contributed by atoms with Crippen molar-refractivity contribution in [1.29, 1.82) is 0 Å². The number of piperazine rings is 1. The van der Waals surface area contributed by atoms with Crippen molar-refractivity contribution in [2.75, 3.05) is 32.8 Å². The summed E-state index contributed by atoms with van der Waals surface area (Å²) in [5, 5.41) is 3.85. The minimum absolute atomic E-state index is 0.253. The highest BCUT2D eigenvalue weighted by atomic mass is 19.4. The number of halogens is 3. The standard InChI is InChI=1S/C17H19F3N4O3/c1-2-26-16(25)24-9-7-23(8-10-24)11-14-21-15(22-27-14)12-3-5-13(6-4-12)17(18,19)20/h3-6H,2,7-11H2,1H3/p+1. The molecule has 1 amide bonds. The van der Waals surface area contributed by atoms with Crippen LogP contribution in [0.4, 0.5) is 18.0 Å². The Morgan fingerprint density at radius 3 is 2.52 bits per heavy atom. The van der Waals surface area contributed by atoms with Crippen LogP contribution in [0.15, 0.2) is 28.8 Å². The van der Waals surface area contributed by atoms with Gasteiger partial charge < -0.3 is 14.2 Å². The Balaban J connectivity index is 1.57. The zero-order valence-corrected chi connectivity index (χ0v) is 14.8. The molecule has 0 atom stereocenters. The van der Waals surface area contributed by atoms with Crippen LogP contribution >= 0.6 is 0 Å². The van der Waals surface area contributed by atoms with Gasteiger partial charge in [0.05, 0.1) is 38.3 Å². The summed E-state index contributed by atoms with van der Waals surface area (Å²) in [4.78, 5) is 18.8. The fourth-order valence-corrected chi connectivity index (χ4v) is 2.86. The van der Waals surface area contributed by atoms with Crippen LogP contribution in [0.3, 0.4) is 0 Å². The first kappa shape index (κ1) is 19.2. The zero-order valence-electron chi connectivity index (χ0n) is 14.8. The van der Waals surface area contributed by atoms with E-state index in [1.165, 1.54) is 17.0 Å². The maximum atomic E-state index is 12.6. The first-order valence-electron chi connectivity index (χ1n) is 8.62. The lowest BCUT2D eigenvalue weighted by Gasteiger charge is -2.30. The summed E-state index contributed by atoms with van der Waals surface area (Å²) in [5.41, 5.74) is -0.265. The van der Waals surface area contributed by atoms with Gasteiger partial charge in [0.2, 0.25) is 5.82 Å². The van der Waals surface area contributed by atoms with Crippen molar-refractivity contribution in [1.82, 2.24) is 15.0 Å². The molecule has 146 valence electrons. The summed E-state index contributed by atoms with van der Waals surface area (Å²) in [6.45, 7) is 5.20. The summed E-state index contributed by atoms with van der Waals surface area (Å²) in [5.74, 6) is 0.660. The van der Waals surface area contributed by atoms with Gasteiger partial charge in [-0.15, -0.1) is 0 Å². The van der Waals surface area contributed by atoms with Gasteiger partial charge >= 0.3 is 12.3 Å². The van der Waals surface area contributed by atoms with Crippen LogP contribution < -0.4 is 4.90 Å². The average molecular weight is 385 g/mol. The second-order valence-corrected chi connectivity index (χ2v) is 6.20. The molecule has 1 aliphatic rings. The van der Waals surface area contributed by atoms with E-state index >= 15 is 0 Å². The van der Waals surface area contributed by atoms with Crippen molar-refractivity contribution >= 4 is 6.09 Å².